The number of carbonyl (C=O) groups is 1. The van der Waals surface area contributed by atoms with E-state index in [1.807, 2.05) is 42.5 Å². The predicted octanol–water partition coefficient (Wildman–Crippen LogP) is 2.78. The van der Waals surface area contributed by atoms with Crippen LogP contribution in [0.5, 0.6) is 0 Å². The Hall–Kier alpha value is -3.77. The van der Waals surface area contributed by atoms with Crippen molar-refractivity contribution in [1.29, 1.82) is 0 Å². The molecule has 1 unspecified atom stereocenters. The van der Waals surface area contributed by atoms with Crippen molar-refractivity contribution in [3.05, 3.63) is 112 Å². The lowest BCUT2D eigenvalue weighted by molar-refractivity contribution is 0.0917. The number of benzene rings is 2. The molecule has 0 fully saturated rings. The van der Waals surface area contributed by atoms with Crippen LogP contribution in [0.15, 0.2) is 90.1 Å². The standard InChI is InChI=1S/C25H23N3O3/c29-17-20(14-18-6-2-1-3-7-18)27-24(30)23-16-28(15-19-10-12-26-13-11-19)25(31)22-9-5-4-8-21(22)23/h1-13,16,20,29H,14-15,17H2,(H,27,30). The number of fused-ring (bicyclic) bond motifs is 1. The number of nitrogens with zero attached hydrogens (tertiary/aromatic N) is 2. The van der Waals surface area contributed by atoms with Crippen molar-refractivity contribution in [2.45, 2.75) is 19.0 Å². The molecule has 0 spiro atoms. The van der Waals surface area contributed by atoms with E-state index in [-0.39, 0.29) is 18.1 Å². The maximum Gasteiger partial charge on any atom is 0.258 e. The van der Waals surface area contributed by atoms with Gasteiger partial charge in [-0.15, -0.1) is 0 Å². The maximum atomic E-state index is 13.2. The summed E-state index contributed by atoms with van der Waals surface area (Å²) < 4.78 is 1.54. The van der Waals surface area contributed by atoms with Crippen LogP contribution in [0.4, 0.5) is 0 Å². The van der Waals surface area contributed by atoms with Crippen molar-refractivity contribution < 1.29 is 9.90 Å². The Kier molecular flexibility index (Phi) is 6.19. The van der Waals surface area contributed by atoms with Crippen molar-refractivity contribution >= 4 is 16.7 Å². The summed E-state index contributed by atoms with van der Waals surface area (Å²) in [7, 11) is 0. The fourth-order valence-electron chi connectivity index (χ4n) is 3.65. The number of aliphatic hydroxyl groups is 1. The Bertz CT molecular complexity index is 1240. The van der Waals surface area contributed by atoms with Gasteiger partial charge in [-0.1, -0.05) is 48.5 Å². The van der Waals surface area contributed by atoms with Gasteiger partial charge in [0.05, 0.1) is 24.8 Å². The molecule has 31 heavy (non-hydrogen) atoms. The van der Waals surface area contributed by atoms with Crippen molar-refractivity contribution in [1.82, 2.24) is 14.9 Å². The number of hydrogen-bond donors (Lipinski definition) is 2. The number of hydrogen-bond acceptors (Lipinski definition) is 4. The van der Waals surface area contributed by atoms with Crippen molar-refractivity contribution in [2.24, 2.45) is 0 Å². The molecule has 2 heterocycles. The van der Waals surface area contributed by atoms with Gasteiger partial charge in [-0.05, 0) is 35.7 Å². The van der Waals surface area contributed by atoms with E-state index in [1.54, 1.807) is 42.9 Å². The average molecular weight is 413 g/mol. The lowest BCUT2D eigenvalue weighted by atomic mass is 10.0. The zero-order valence-corrected chi connectivity index (χ0v) is 16.9. The van der Waals surface area contributed by atoms with Crippen LogP contribution < -0.4 is 10.9 Å². The van der Waals surface area contributed by atoms with Gasteiger partial charge in [-0.25, -0.2) is 0 Å². The molecule has 0 aliphatic heterocycles. The van der Waals surface area contributed by atoms with Crippen LogP contribution in [0.1, 0.15) is 21.5 Å². The third-order valence-corrected chi connectivity index (χ3v) is 5.22. The van der Waals surface area contributed by atoms with Crippen LogP contribution in [0.2, 0.25) is 0 Å². The minimum atomic E-state index is -0.436. The molecule has 6 heteroatoms. The van der Waals surface area contributed by atoms with Crippen LogP contribution in [0.3, 0.4) is 0 Å². The molecular formula is C25H23N3O3. The molecule has 0 aliphatic rings. The summed E-state index contributed by atoms with van der Waals surface area (Å²) in [6.07, 6.45) is 5.45. The lowest BCUT2D eigenvalue weighted by Crippen LogP contribution is -2.39. The normalized spacial score (nSPS) is 11.9. The first-order chi connectivity index (χ1) is 15.2. The van der Waals surface area contributed by atoms with Crippen LogP contribution in [0.25, 0.3) is 10.8 Å². The van der Waals surface area contributed by atoms with Gasteiger partial charge in [0, 0.05) is 29.4 Å². The number of pyridine rings is 2. The summed E-state index contributed by atoms with van der Waals surface area (Å²) in [5, 5.41) is 13.8. The number of carbonyl (C=O) groups excluding carboxylic acids is 1. The summed E-state index contributed by atoms with van der Waals surface area (Å²) >= 11 is 0. The van der Waals surface area contributed by atoms with Gasteiger partial charge < -0.3 is 15.0 Å². The highest BCUT2D eigenvalue weighted by atomic mass is 16.3. The average Bonchev–Trinajstić information content (AvgIpc) is 2.81. The fourth-order valence-corrected chi connectivity index (χ4v) is 3.65. The molecule has 4 rings (SSSR count). The minimum absolute atomic E-state index is 0.160. The Balaban J connectivity index is 1.67. The van der Waals surface area contributed by atoms with E-state index >= 15 is 0 Å². The molecule has 1 amide bonds. The lowest BCUT2D eigenvalue weighted by Gasteiger charge is -2.18. The summed E-state index contributed by atoms with van der Waals surface area (Å²) in [6, 6.07) is 20.0. The largest absolute Gasteiger partial charge is 0.394 e. The van der Waals surface area contributed by atoms with Gasteiger partial charge in [-0.3, -0.25) is 14.6 Å². The molecule has 2 aromatic carbocycles. The van der Waals surface area contributed by atoms with Gasteiger partial charge in [-0.2, -0.15) is 0 Å². The summed E-state index contributed by atoms with van der Waals surface area (Å²) in [5.74, 6) is -0.324. The zero-order chi connectivity index (χ0) is 21.6. The monoisotopic (exact) mass is 413 g/mol. The van der Waals surface area contributed by atoms with Crippen molar-refractivity contribution in [2.75, 3.05) is 6.61 Å². The van der Waals surface area contributed by atoms with E-state index in [0.717, 1.165) is 11.1 Å². The van der Waals surface area contributed by atoms with Gasteiger partial charge in [0.15, 0.2) is 0 Å². The molecule has 0 saturated heterocycles. The molecule has 6 nitrogen and oxygen atoms in total. The number of aliphatic hydroxyl groups excluding tert-OH is 1. The third-order valence-electron chi connectivity index (χ3n) is 5.22. The van der Waals surface area contributed by atoms with Gasteiger partial charge in [0.25, 0.3) is 11.5 Å². The first kappa shape index (κ1) is 20.5. The van der Waals surface area contributed by atoms with E-state index in [0.29, 0.717) is 29.3 Å². The second kappa shape index (κ2) is 9.36. The highest BCUT2D eigenvalue weighted by Gasteiger charge is 2.18. The van der Waals surface area contributed by atoms with Crippen LogP contribution >= 0.6 is 0 Å². The minimum Gasteiger partial charge on any atom is -0.394 e. The molecular weight excluding hydrogens is 390 g/mol. The highest BCUT2D eigenvalue weighted by molar-refractivity contribution is 6.06. The highest BCUT2D eigenvalue weighted by Crippen LogP contribution is 2.17. The van der Waals surface area contributed by atoms with E-state index in [2.05, 4.69) is 10.3 Å². The SMILES string of the molecule is O=C(NC(CO)Cc1ccccc1)c1cn(Cc2ccncc2)c(=O)c2ccccc12. The van der Waals surface area contributed by atoms with Crippen LogP contribution in [-0.2, 0) is 13.0 Å². The van der Waals surface area contributed by atoms with Crippen molar-refractivity contribution in [3.63, 3.8) is 0 Å². The molecule has 0 saturated carbocycles. The van der Waals surface area contributed by atoms with E-state index in [9.17, 15) is 14.7 Å². The molecule has 0 aliphatic carbocycles. The Morgan fingerprint density at radius 3 is 2.32 bits per heavy atom. The van der Waals surface area contributed by atoms with Crippen LogP contribution in [-0.4, -0.2) is 33.2 Å². The Morgan fingerprint density at radius 1 is 0.935 bits per heavy atom. The quantitative estimate of drug-likeness (QED) is 0.488. The number of amides is 1. The molecule has 0 radical (unpaired) electrons. The maximum absolute atomic E-state index is 13.2. The van der Waals surface area contributed by atoms with E-state index in [4.69, 9.17) is 0 Å². The Labute approximate surface area is 179 Å². The Morgan fingerprint density at radius 2 is 1.61 bits per heavy atom. The first-order valence-electron chi connectivity index (χ1n) is 10.1. The van der Waals surface area contributed by atoms with E-state index in [1.165, 1.54) is 4.57 Å². The second-order valence-electron chi connectivity index (χ2n) is 7.42. The van der Waals surface area contributed by atoms with Crippen molar-refractivity contribution in [3.8, 4) is 0 Å². The number of rotatable bonds is 7. The molecule has 2 aromatic heterocycles. The number of nitrogens with one attached hydrogen (secondary N) is 1. The summed E-state index contributed by atoms with van der Waals surface area (Å²) in [6.45, 7) is 0.148. The second-order valence-corrected chi connectivity index (χ2v) is 7.42. The topological polar surface area (TPSA) is 84.2 Å². The van der Waals surface area contributed by atoms with Gasteiger partial charge >= 0.3 is 0 Å². The first-order valence-corrected chi connectivity index (χ1v) is 10.1. The molecule has 0 bridgehead atoms. The molecule has 2 N–H and O–H groups in total. The molecule has 1 atom stereocenters. The smallest absolute Gasteiger partial charge is 0.258 e. The summed E-state index contributed by atoms with van der Waals surface area (Å²) in [5.41, 5.74) is 2.17. The molecule has 156 valence electrons. The van der Waals surface area contributed by atoms with Gasteiger partial charge in [0.1, 0.15) is 0 Å². The number of aromatic nitrogens is 2. The zero-order valence-electron chi connectivity index (χ0n) is 16.9. The third kappa shape index (κ3) is 4.70. The fraction of sp³-hybridized carbons (Fsp3) is 0.160. The molecule has 4 aromatic rings. The van der Waals surface area contributed by atoms with E-state index < -0.39 is 6.04 Å². The van der Waals surface area contributed by atoms with Gasteiger partial charge in [0.2, 0.25) is 0 Å². The predicted molar refractivity (Wildman–Crippen MR) is 120 cm³/mol. The van der Waals surface area contributed by atoms with Crippen LogP contribution in [0, 0.1) is 0 Å². The summed E-state index contributed by atoms with van der Waals surface area (Å²) in [4.78, 5) is 30.2.